The summed E-state index contributed by atoms with van der Waals surface area (Å²) in [6.45, 7) is 2.51. The molecule has 4 rings (SSSR count). The topological polar surface area (TPSA) is 77.2 Å². The highest BCUT2D eigenvalue weighted by Crippen LogP contribution is 2.24. The molecule has 0 bridgehead atoms. The molecule has 0 spiro atoms. The first-order valence-corrected chi connectivity index (χ1v) is 8.59. The average Bonchev–Trinajstić information content (AvgIpc) is 3.13. The minimum atomic E-state index is -0.183. The fraction of sp³-hybridized carbons (Fsp3) is 0.0952. The van der Waals surface area contributed by atoms with Crippen molar-refractivity contribution in [3.63, 3.8) is 0 Å². The first kappa shape index (κ1) is 16.8. The Labute approximate surface area is 155 Å². The van der Waals surface area contributed by atoms with Crippen LogP contribution in [0, 0.1) is 0 Å². The molecule has 4 aromatic rings. The van der Waals surface area contributed by atoms with E-state index in [4.69, 9.17) is 9.15 Å². The van der Waals surface area contributed by atoms with E-state index in [1.54, 1.807) is 30.5 Å². The van der Waals surface area contributed by atoms with Crippen LogP contribution in [0.3, 0.4) is 0 Å². The Morgan fingerprint density at radius 2 is 1.85 bits per heavy atom. The second-order valence-corrected chi connectivity index (χ2v) is 5.84. The molecule has 1 N–H and O–H groups in total. The minimum Gasteiger partial charge on any atom is -0.494 e. The first-order chi connectivity index (χ1) is 13.2. The lowest BCUT2D eigenvalue weighted by atomic mass is 10.1. The number of anilines is 1. The summed E-state index contributed by atoms with van der Waals surface area (Å²) < 4.78 is 11.0. The largest absolute Gasteiger partial charge is 0.494 e. The molecule has 1 amide bonds. The van der Waals surface area contributed by atoms with E-state index >= 15 is 0 Å². The summed E-state index contributed by atoms with van der Waals surface area (Å²) in [6.07, 6.45) is 1.66. The Kier molecular flexibility index (Phi) is 4.53. The number of hydrogen-bond acceptors (Lipinski definition) is 5. The van der Waals surface area contributed by atoms with Gasteiger partial charge in [-0.15, -0.1) is 0 Å². The molecule has 6 heteroatoms. The maximum Gasteiger partial charge on any atom is 0.255 e. The number of ether oxygens (including phenoxy) is 1. The summed E-state index contributed by atoms with van der Waals surface area (Å²) >= 11 is 0. The van der Waals surface area contributed by atoms with Crippen LogP contribution in [-0.2, 0) is 0 Å². The van der Waals surface area contributed by atoms with Crippen molar-refractivity contribution in [3.05, 3.63) is 72.4 Å². The van der Waals surface area contributed by atoms with Gasteiger partial charge in [-0.3, -0.25) is 4.79 Å². The van der Waals surface area contributed by atoms with Gasteiger partial charge in [-0.25, -0.2) is 9.97 Å². The number of fused-ring (bicyclic) bond motifs is 1. The van der Waals surface area contributed by atoms with Crippen LogP contribution in [0.1, 0.15) is 17.3 Å². The van der Waals surface area contributed by atoms with Crippen LogP contribution in [0.4, 0.5) is 5.69 Å². The highest BCUT2D eigenvalue weighted by Gasteiger charge is 2.10. The SMILES string of the molecule is CCOc1ccc(C(=O)Nc2ccc(-c3nc4cccnc4o3)cc2)cc1. The number of oxazole rings is 1. The maximum atomic E-state index is 12.4. The molecule has 0 unspecified atom stereocenters. The van der Waals surface area contributed by atoms with E-state index in [0.717, 1.165) is 11.3 Å². The quantitative estimate of drug-likeness (QED) is 0.566. The number of nitrogens with one attached hydrogen (secondary N) is 1. The Morgan fingerprint density at radius 3 is 2.56 bits per heavy atom. The van der Waals surface area contributed by atoms with Crippen molar-refractivity contribution in [2.75, 3.05) is 11.9 Å². The summed E-state index contributed by atoms with van der Waals surface area (Å²) in [4.78, 5) is 20.9. The number of amides is 1. The van der Waals surface area contributed by atoms with Crippen molar-refractivity contribution in [2.45, 2.75) is 6.92 Å². The van der Waals surface area contributed by atoms with Gasteiger partial charge >= 0.3 is 0 Å². The molecule has 2 heterocycles. The van der Waals surface area contributed by atoms with Gasteiger partial charge in [-0.05, 0) is 67.6 Å². The Hall–Kier alpha value is -3.67. The van der Waals surface area contributed by atoms with Crippen LogP contribution in [0.25, 0.3) is 22.7 Å². The fourth-order valence-electron chi connectivity index (χ4n) is 2.66. The van der Waals surface area contributed by atoms with Crippen molar-refractivity contribution >= 4 is 22.8 Å². The van der Waals surface area contributed by atoms with Crippen LogP contribution >= 0.6 is 0 Å². The summed E-state index contributed by atoms with van der Waals surface area (Å²) in [7, 11) is 0. The van der Waals surface area contributed by atoms with Gasteiger partial charge in [0.15, 0.2) is 0 Å². The summed E-state index contributed by atoms with van der Waals surface area (Å²) in [6, 6.07) is 18.0. The number of carbonyl (C=O) groups excluding carboxylic acids is 1. The number of rotatable bonds is 5. The number of benzene rings is 2. The van der Waals surface area contributed by atoms with Gasteiger partial charge in [0.2, 0.25) is 11.6 Å². The van der Waals surface area contributed by atoms with E-state index in [2.05, 4.69) is 15.3 Å². The molecule has 134 valence electrons. The van der Waals surface area contributed by atoms with Crippen molar-refractivity contribution in [2.24, 2.45) is 0 Å². The number of carbonyl (C=O) groups is 1. The Balaban J connectivity index is 1.47. The van der Waals surface area contributed by atoms with Gasteiger partial charge in [0.05, 0.1) is 6.61 Å². The minimum absolute atomic E-state index is 0.183. The van der Waals surface area contributed by atoms with Gasteiger partial charge in [0.25, 0.3) is 5.91 Å². The normalized spacial score (nSPS) is 10.7. The van der Waals surface area contributed by atoms with E-state index in [1.165, 1.54) is 0 Å². The monoisotopic (exact) mass is 359 g/mol. The third-order valence-corrected chi connectivity index (χ3v) is 3.98. The summed E-state index contributed by atoms with van der Waals surface area (Å²) in [5, 5.41) is 2.87. The lowest BCUT2D eigenvalue weighted by Crippen LogP contribution is -2.11. The third-order valence-electron chi connectivity index (χ3n) is 3.98. The molecule has 0 aliphatic heterocycles. The van der Waals surface area contributed by atoms with Crippen LogP contribution < -0.4 is 10.1 Å². The van der Waals surface area contributed by atoms with Gasteiger partial charge in [0.1, 0.15) is 11.3 Å². The van der Waals surface area contributed by atoms with Crippen LogP contribution in [0.15, 0.2) is 71.3 Å². The molecule has 2 aromatic carbocycles. The number of pyridine rings is 1. The van der Waals surface area contributed by atoms with Crippen molar-refractivity contribution < 1.29 is 13.9 Å². The molecule has 0 saturated heterocycles. The fourth-order valence-corrected chi connectivity index (χ4v) is 2.66. The molecule has 6 nitrogen and oxygen atoms in total. The van der Waals surface area contributed by atoms with E-state index in [0.29, 0.717) is 35.0 Å². The van der Waals surface area contributed by atoms with Crippen LogP contribution in [0.2, 0.25) is 0 Å². The predicted molar refractivity (Wildman–Crippen MR) is 103 cm³/mol. The van der Waals surface area contributed by atoms with E-state index in [1.807, 2.05) is 43.3 Å². The maximum absolute atomic E-state index is 12.4. The highest BCUT2D eigenvalue weighted by molar-refractivity contribution is 6.04. The summed E-state index contributed by atoms with van der Waals surface area (Å²) in [5.74, 6) is 1.05. The van der Waals surface area contributed by atoms with E-state index < -0.39 is 0 Å². The molecule has 2 aromatic heterocycles. The van der Waals surface area contributed by atoms with Crippen molar-refractivity contribution in [1.29, 1.82) is 0 Å². The zero-order chi connectivity index (χ0) is 18.6. The highest BCUT2D eigenvalue weighted by atomic mass is 16.5. The average molecular weight is 359 g/mol. The smallest absolute Gasteiger partial charge is 0.255 e. The van der Waals surface area contributed by atoms with E-state index in [9.17, 15) is 4.79 Å². The molecule has 0 aliphatic rings. The number of hydrogen-bond donors (Lipinski definition) is 1. The Bertz CT molecular complexity index is 1040. The number of aromatic nitrogens is 2. The first-order valence-electron chi connectivity index (χ1n) is 8.59. The van der Waals surface area contributed by atoms with Gasteiger partial charge in [0, 0.05) is 23.0 Å². The molecular formula is C21H17N3O3. The molecule has 0 fully saturated rings. The molecule has 27 heavy (non-hydrogen) atoms. The zero-order valence-corrected chi connectivity index (χ0v) is 14.7. The third kappa shape index (κ3) is 3.64. The lowest BCUT2D eigenvalue weighted by molar-refractivity contribution is 0.102. The molecular weight excluding hydrogens is 342 g/mol. The van der Waals surface area contributed by atoms with Crippen molar-refractivity contribution in [3.8, 4) is 17.2 Å². The second kappa shape index (κ2) is 7.29. The Morgan fingerprint density at radius 1 is 1.07 bits per heavy atom. The van der Waals surface area contributed by atoms with Crippen LogP contribution in [0.5, 0.6) is 5.75 Å². The lowest BCUT2D eigenvalue weighted by Gasteiger charge is -2.07. The predicted octanol–water partition coefficient (Wildman–Crippen LogP) is 4.54. The number of nitrogens with zero attached hydrogens (tertiary/aromatic N) is 2. The van der Waals surface area contributed by atoms with E-state index in [-0.39, 0.29) is 5.91 Å². The standard InChI is InChI=1S/C21H17N3O3/c1-2-26-17-11-7-14(8-12-17)19(25)23-16-9-5-15(6-10-16)20-24-18-4-3-13-22-21(18)27-20/h3-13H,2H2,1H3,(H,23,25). The molecule has 0 radical (unpaired) electrons. The van der Waals surface area contributed by atoms with Gasteiger partial charge in [-0.2, -0.15) is 0 Å². The van der Waals surface area contributed by atoms with Gasteiger partial charge < -0.3 is 14.5 Å². The molecule has 0 aliphatic carbocycles. The van der Waals surface area contributed by atoms with Gasteiger partial charge in [-0.1, -0.05) is 0 Å². The van der Waals surface area contributed by atoms with Crippen molar-refractivity contribution in [1.82, 2.24) is 9.97 Å². The second-order valence-electron chi connectivity index (χ2n) is 5.84. The molecule has 0 atom stereocenters. The molecule has 0 saturated carbocycles. The summed E-state index contributed by atoms with van der Waals surface area (Å²) in [5.41, 5.74) is 3.27. The zero-order valence-electron chi connectivity index (χ0n) is 14.7. The van der Waals surface area contributed by atoms with Crippen LogP contribution in [-0.4, -0.2) is 22.5 Å².